The van der Waals surface area contributed by atoms with E-state index in [0.717, 1.165) is 0 Å². The second-order valence-corrected chi connectivity index (χ2v) is 0. The Labute approximate surface area is 446 Å². The van der Waals surface area contributed by atoms with E-state index in [-0.39, 0.29) is 455 Å². The van der Waals surface area contributed by atoms with Crippen LogP contribution < -0.4 is 372 Å². The molecule has 0 saturated heterocycles. The van der Waals surface area contributed by atoms with Crippen molar-refractivity contribution < 1.29 is 455 Å². The fraction of sp³-hybridized carbons (Fsp3) is 0. The van der Waals surface area contributed by atoms with E-state index in [1.54, 1.807) is 0 Å². The minimum Gasteiger partial charge on any atom is -1.00 e. The van der Waals surface area contributed by atoms with E-state index < -0.39 is 0 Å². The van der Waals surface area contributed by atoms with Gasteiger partial charge in [0.15, 0.2) is 0 Å². The molecule has 0 fully saturated rings. The van der Waals surface area contributed by atoms with Crippen molar-refractivity contribution in [1.29, 1.82) is 0 Å². The van der Waals surface area contributed by atoms with Crippen molar-refractivity contribution in [2.45, 2.75) is 0 Å². The Morgan fingerprint density at radius 2 is 0.0571 bits per heavy atom. The van der Waals surface area contributed by atoms with Crippen LogP contribution in [0.3, 0.4) is 0 Å². The summed E-state index contributed by atoms with van der Waals surface area (Å²) in [5.74, 6) is 0. The third kappa shape index (κ3) is 675. The summed E-state index contributed by atoms with van der Waals surface area (Å²) >= 11 is 0. The summed E-state index contributed by atoms with van der Waals surface area (Å²) in [5, 5.41) is 0. The molecule has 0 aromatic heterocycles. The van der Waals surface area contributed by atoms with Crippen molar-refractivity contribution in [1.82, 2.24) is 0 Å². The van der Waals surface area contributed by atoms with Gasteiger partial charge in [0, 0.05) is 0 Å². The first-order valence-electron chi connectivity index (χ1n) is 0. The van der Waals surface area contributed by atoms with Crippen LogP contribution >= 0.6 is 0 Å². The Kier molecular flexibility index (Phi) is 15200. The van der Waals surface area contributed by atoms with Crippen LogP contribution in [0.25, 0.3) is 0 Å². The Balaban J connectivity index is 0. The molecule has 35 heavy (non-hydrogen) atoms. The second-order valence-electron chi connectivity index (χ2n) is 0. The van der Waals surface area contributed by atoms with Crippen LogP contribution in [0.1, 0.15) is 0 Å². The van der Waals surface area contributed by atoms with E-state index in [0.29, 0.717) is 0 Å². The number of hydrogen-bond acceptors (Lipinski definition) is 0. The molecular weight excluding hydrogens is 1360 g/mol. The molecule has 35 heteroatoms. The number of hydrogen-bond donors (Lipinski definition) is 0. The van der Waals surface area contributed by atoms with Crippen LogP contribution in [0.15, 0.2) is 0 Å². The predicted octanol–water partition coefficient (Wildman–Crippen LogP) is -89.9. The molecule has 0 heterocycles. The molecular formula is Cl30Ni5-20. The first kappa shape index (κ1) is 755. The Bertz CT molecular complexity index is 20.7. The topological polar surface area (TPSA) is 0 Å². The van der Waals surface area contributed by atoms with Gasteiger partial charge in [0.1, 0.15) is 0 Å². The molecule has 0 bridgehead atoms. The van der Waals surface area contributed by atoms with Crippen LogP contribution in [-0.2, 0) is 82.5 Å². The molecule has 0 N–H and O–H groups in total. The molecule has 0 unspecified atom stereocenters. The number of halogens is 30. The normalized spacial score (nSPS) is 0. The Morgan fingerprint density at radius 1 is 0.0571 bits per heavy atom. The maximum Gasteiger partial charge on any atom is 2.00 e. The van der Waals surface area contributed by atoms with Gasteiger partial charge < -0.3 is 372 Å². The quantitative estimate of drug-likeness (QED) is 0.212. The van der Waals surface area contributed by atoms with Gasteiger partial charge in [-0.05, 0) is 0 Å². The van der Waals surface area contributed by atoms with Crippen LogP contribution in [0.2, 0.25) is 0 Å². The average Bonchev–Trinajstić information content (AvgIpc) is 0. The zero-order valence-corrected chi connectivity index (χ0v) is 40.5. The van der Waals surface area contributed by atoms with Gasteiger partial charge in [0.05, 0.1) is 0 Å². The molecule has 0 atom stereocenters. The van der Waals surface area contributed by atoms with E-state index in [9.17, 15) is 0 Å². The molecule has 0 nitrogen and oxygen atoms in total. The molecule has 0 aromatic carbocycles. The summed E-state index contributed by atoms with van der Waals surface area (Å²) in [4.78, 5) is 0. The van der Waals surface area contributed by atoms with Crippen molar-refractivity contribution >= 4 is 0 Å². The smallest absolute Gasteiger partial charge is 1.00 e. The van der Waals surface area contributed by atoms with Crippen LogP contribution in [0.5, 0.6) is 0 Å². The van der Waals surface area contributed by atoms with Crippen molar-refractivity contribution in [2.75, 3.05) is 0 Å². The average molecular weight is 1360 g/mol. The zero-order chi connectivity index (χ0) is 0. The second kappa shape index (κ2) is 707. The summed E-state index contributed by atoms with van der Waals surface area (Å²) in [5.41, 5.74) is 0. The van der Waals surface area contributed by atoms with E-state index in [2.05, 4.69) is 0 Å². The van der Waals surface area contributed by atoms with Crippen LogP contribution in [0.4, 0.5) is 0 Å². The van der Waals surface area contributed by atoms with Gasteiger partial charge in [0.25, 0.3) is 0 Å². The molecule has 0 amide bonds. The van der Waals surface area contributed by atoms with Crippen molar-refractivity contribution in [3.63, 3.8) is 0 Å². The van der Waals surface area contributed by atoms with Crippen molar-refractivity contribution in [2.24, 2.45) is 0 Å². The van der Waals surface area contributed by atoms with Crippen molar-refractivity contribution in [3.8, 4) is 0 Å². The summed E-state index contributed by atoms with van der Waals surface area (Å²) < 4.78 is 0. The molecule has 0 radical (unpaired) electrons. The summed E-state index contributed by atoms with van der Waals surface area (Å²) in [7, 11) is 0. The van der Waals surface area contributed by atoms with Crippen molar-refractivity contribution in [3.05, 3.63) is 0 Å². The van der Waals surface area contributed by atoms with Gasteiger partial charge >= 0.3 is 82.5 Å². The largest absolute Gasteiger partial charge is 2.00 e. The molecule has 280 valence electrons. The summed E-state index contributed by atoms with van der Waals surface area (Å²) in [6.07, 6.45) is 0. The van der Waals surface area contributed by atoms with Crippen LogP contribution in [-0.4, -0.2) is 0 Å². The van der Waals surface area contributed by atoms with Gasteiger partial charge in [-0.25, -0.2) is 0 Å². The van der Waals surface area contributed by atoms with E-state index in [1.807, 2.05) is 0 Å². The third-order valence-corrected chi connectivity index (χ3v) is 0. The molecule has 0 spiro atoms. The van der Waals surface area contributed by atoms with Gasteiger partial charge in [-0.2, -0.15) is 0 Å². The maximum atomic E-state index is 0. The minimum atomic E-state index is 0. The first-order valence-corrected chi connectivity index (χ1v) is 0. The molecule has 0 aliphatic heterocycles. The third-order valence-electron chi connectivity index (χ3n) is 0. The minimum absolute atomic E-state index is 0. The predicted molar refractivity (Wildman–Crippen MR) is 0 cm³/mol. The summed E-state index contributed by atoms with van der Waals surface area (Å²) in [6, 6.07) is 0. The molecule has 0 aliphatic carbocycles. The molecule has 0 aliphatic rings. The van der Waals surface area contributed by atoms with Gasteiger partial charge in [-0.3, -0.25) is 0 Å². The van der Waals surface area contributed by atoms with E-state index >= 15 is 0 Å². The standard InChI is InChI=1S/30ClH.5Ni/h30*1H;;;;;/q;;;;;;;;;;;;;;;;;;;;;;;;;;;;;;5*+2/p-30. The Morgan fingerprint density at radius 3 is 0.0571 bits per heavy atom. The van der Waals surface area contributed by atoms with E-state index in [4.69, 9.17) is 0 Å². The van der Waals surface area contributed by atoms with Gasteiger partial charge in [-0.1, -0.05) is 0 Å². The Hall–Kier alpha value is 11.2. The van der Waals surface area contributed by atoms with Gasteiger partial charge in [-0.15, -0.1) is 0 Å². The monoisotopic (exact) mass is 1340 g/mol. The maximum absolute atomic E-state index is 0. The summed E-state index contributed by atoms with van der Waals surface area (Å²) in [6.45, 7) is 0. The molecule has 0 rings (SSSR count). The fourth-order valence-electron chi connectivity index (χ4n) is 0. The number of rotatable bonds is 0. The van der Waals surface area contributed by atoms with Crippen LogP contribution in [0, 0.1) is 0 Å². The fourth-order valence-corrected chi connectivity index (χ4v) is 0. The molecule has 0 saturated carbocycles. The molecule has 0 aromatic rings. The first-order chi connectivity index (χ1) is 0. The van der Waals surface area contributed by atoms with Gasteiger partial charge in [0.2, 0.25) is 0 Å². The SMILES string of the molecule is [Cl-].[Cl-].[Cl-].[Cl-].[Cl-].[Cl-].[Cl-].[Cl-].[Cl-].[Cl-].[Cl-].[Cl-].[Cl-].[Cl-].[Cl-].[Cl-].[Cl-].[Cl-].[Cl-].[Cl-].[Cl-].[Cl-].[Cl-].[Cl-].[Cl-].[Cl-].[Cl-].[Cl-].[Cl-].[Cl-].[Ni+2].[Ni+2].[Ni+2].[Ni+2].[Ni+2]. The zero-order valence-electron chi connectivity index (χ0n) is 12.9. The van der Waals surface area contributed by atoms with E-state index in [1.165, 1.54) is 0 Å².